The van der Waals surface area contributed by atoms with Gasteiger partial charge in [-0.1, -0.05) is 27.7 Å². The lowest BCUT2D eigenvalue weighted by molar-refractivity contribution is -0.185. The van der Waals surface area contributed by atoms with E-state index in [4.69, 9.17) is 18.6 Å². The first kappa shape index (κ1) is 38.2. The third kappa shape index (κ3) is 22.6. The van der Waals surface area contributed by atoms with Gasteiger partial charge < -0.3 is 18.9 Å². The molecule has 2 atom stereocenters. The fourth-order valence-electron chi connectivity index (χ4n) is 2.92. The van der Waals surface area contributed by atoms with Crippen LogP contribution in [0.3, 0.4) is 0 Å². The number of halogens is 6. The van der Waals surface area contributed by atoms with E-state index in [-0.39, 0.29) is 32.8 Å². The highest BCUT2D eigenvalue weighted by atomic mass is 32.3. The molecule has 0 aliphatic carbocycles. The Kier molecular flexibility index (Phi) is 14.6. The van der Waals surface area contributed by atoms with Crippen LogP contribution in [0.1, 0.15) is 34.1 Å². The third-order valence-corrected chi connectivity index (χ3v) is 5.97. The summed E-state index contributed by atoms with van der Waals surface area (Å²) in [5.41, 5.74) is -3.45. The Bertz CT molecular complexity index is 865. The Balaban J connectivity index is 5.05. The quantitative estimate of drug-likeness (QED) is 0.150. The first-order valence-electron chi connectivity index (χ1n) is 11.3. The lowest BCUT2D eigenvalue weighted by Gasteiger charge is -2.33. The highest BCUT2D eigenvalue weighted by Gasteiger charge is 2.35. The molecule has 39 heavy (non-hydrogen) atoms. The number of alkyl halides is 6. The normalized spacial score (nSPS) is 17.1. The highest BCUT2D eigenvalue weighted by Crippen LogP contribution is 2.28. The second-order valence-corrected chi connectivity index (χ2v) is 13.4. The van der Waals surface area contributed by atoms with Crippen molar-refractivity contribution in [1.82, 2.24) is 0 Å². The van der Waals surface area contributed by atoms with Crippen LogP contribution in [0.2, 0.25) is 0 Å². The van der Waals surface area contributed by atoms with Crippen molar-refractivity contribution in [2.75, 3.05) is 65.2 Å². The molecule has 0 amide bonds. The minimum atomic E-state index is -4.90. The lowest BCUT2D eigenvalue weighted by Crippen LogP contribution is -2.38. The molecule has 0 spiro atoms. The molecule has 19 heteroatoms. The Morgan fingerprint density at radius 3 is 1.26 bits per heavy atom. The largest absolute Gasteiger partial charge is 0.411 e. The molecule has 0 radical (unpaired) electrons. The van der Waals surface area contributed by atoms with Crippen LogP contribution in [0.4, 0.5) is 26.3 Å². The van der Waals surface area contributed by atoms with Crippen LogP contribution in [0.15, 0.2) is 0 Å². The molecule has 0 heterocycles. The minimum Gasteiger partial charge on any atom is -0.380 e. The summed E-state index contributed by atoms with van der Waals surface area (Å²) in [7, 11) is -9.31. The summed E-state index contributed by atoms with van der Waals surface area (Å²) in [4.78, 5) is 0. The van der Waals surface area contributed by atoms with Crippen molar-refractivity contribution in [3.05, 3.63) is 0 Å². The van der Waals surface area contributed by atoms with Gasteiger partial charge in [-0.15, -0.1) is 0 Å². The van der Waals surface area contributed by atoms with E-state index in [0.717, 1.165) is 0 Å². The van der Waals surface area contributed by atoms with E-state index < -0.39 is 87.9 Å². The molecule has 0 saturated heterocycles. The molecule has 0 aliphatic heterocycles. The molecule has 0 aromatic carbocycles. The molecule has 0 rings (SSSR count). The maximum atomic E-state index is 12.4. The van der Waals surface area contributed by atoms with E-state index in [1.807, 2.05) is 0 Å². The minimum absolute atomic E-state index is 0.0729. The highest BCUT2D eigenvalue weighted by molar-refractivity contribution is 7.85. The van der Waals surface area contributed by atoms with Gasteiger partial charge >= 0.3 is 22.8 Å². The summed E-state index contributed by atoms with van der Waals surface area (Å²) < 4.78 is 161. The summed E-state index contributed by atoms with van der Waals surface area (Å²) in [6.07, 6.45) is -9.52. The zero-order chi connectivity index (χ0) is 30.8. The Morgan fingerprint density at radius 2 is 0.923 bits per heavy atom. The van der Waals surface area contributed by atoms with E-state index in [2.05, 4.69) is 13.7 Å². The van der Waals surface area contributed by atoms with Crippen molar-refractivity contribution in [3.63, 3.8) is 0 Å². The van der Waals surface area contributed by atoms with Crippen molar-refractivity contribution in [1.29, 1.82) is 0 Å². The summed E-state index contributed by atoms with van der Waals surface area (Å²) in [5, 5.41) is 0. The smallest absolute Gasteiger partial charge is 0.380 e. The molecule has 0 fully saturated rings. The van der Waals surface area contributed by atoms with E-state index in [1.165, 1.54) is 13.8 Å². The SMILES string of the molecule is CC(C)(COCC(C)(CCS(=O)(=O)O)COCC(F)(F)F)COCC(C)(COCC(F)(F)F)COS(=O)(=O)O. The van der Waals surface area contributed by atoms with Gasteiger partial charge in [-0.05, 0) is 6.42 Å². The maximum Gasteiger partial charge on any atom is 0.411 e. The molecule has 236 valence electrons. The van der Waals surface area contributed by atoms with E-state index in [9.17, 15) is 43.2 Å². The predicted octanol–water partition coefficient (Wildman–Crippen LogP) is 3.31. The molecular weight excluding hydrogens is 594 g/mol. The van der Waals surface area contributed by atoms with Gasteiger partial charge in [-0.2, -0.15) is 43.2 Å². The van der Waals surface area contributed by atoms with Gasteiger partial charge in [-0.3, -0.25) is 9.11 Å². The maximum absolute atomic E-state index is 12.4. The second kappa shape index (κ2) is 14.9. The Labute approximate surface area is 224 Å². The summed E-state index contributed by atoms with van der Waals surface area (Å²) in [6, 6.07) is 0. The van der Waals surface area contributed by atoms with Gasteiger partial charge in [-0.25, -0.2) is 4.18 Å². The first-order valence-corrected chi connectivity index (χ1v) is 14.2. The standard InChI is InChI=1S/C20H36F6O11S2/c1-16(2,7-33-9-17(3,5-6-38(27,28)29)10-35-14-19(21,22)23)8-34-11-18(4,13-37-39(30,31)32)12-36-15-20(24,25)26/h5-15H2,1-4H3,(H,27,28,29)(H,30,31,32). The summed E-state index contributed by atoms with van der Waals surface area (Å²) in [5.74, 6) is -0.741. The van der Waals surface area contributed by atoms with Crippen LogP contribution in [-0.4, -0.2) is 104 Å². The monoisotopic (exact) mass is 630 g/mol. The molecule has 0 aliphatic rings. The molecule has 0 aromatic heterocycles. The van der Waals surface area contributed by atoms with Crippen LogP contribution < -0.4 is 0 Å². The van der Waals surface area contributed by atoms with E-state index in [1.54, 1.807) is 13.8 Å². The number of ether oxygens (including phenoxy) is 4. The topological polar surface area (TPSA) is 155 Å². The van der Waals surface area contributed by atoms with Crippen molar-refractivity contribution in [3.8, 4) is 0 Å². The Morgan fingerprint density at radius 1 is 0.564 bits per heavy atom. The molecule has 2 N–H and O–H groups in total. The number of hydrogen-bond acceptors (Lipinski definition) is 9. The first-order chi connectivity index (χ1) is 17.2. The lowest BCUT2D eigenvalue weighted by atomic mass is 9.89. The van der Waals surface area contributed by atoms with E-state index >= 15 is 0 Å². The van der Waals surface area contributed by atoms with Crippen LogP contribution in [-0.2, 0) is 43.6 Å². The fraction of sp³-hybridized carbons (Fsp3) is 1.00. The van der Waals surface area contributed by atoms with Gasteiger partial charge in [0.05, 0.1) is 52.0 Å². The average molecular weight is 631 g/mol. The third-order valence-electron chi connectivity index (χ3n) is 4.84. The van der Waals surface area contributed by atoms with Gasteiger partial charge in [0.15, 0.2) is 0 Å². The van der Waals surface area contributed by atoms with Gasteiger partial charge in [0.25, 0.3) is 10.1 Å². The summed E-state index contributed by atoms with van der Waals surface area (Å²) >= 11 is 0. The Hall–Kier alpha value is -0.800. The van der Waals surface area contributed by atoms with Gasteiger partial charge in [0, 0.05) is 16.2 Å². The van der Waals surface area contributed by atoms with Crippen molar-refractivity contribution in [2.45, 2.75) is 46.5 Å². The van der Waals surface area contributed by atoms with Gasteiger partial charge in [0.2, 0.25) is 0 Å². The fourth-order valence-corrected chi connectivity index (χ4v) is 4.10. The molecule has 0 aromatic rings. The molecule has 0 saturated carbocycles. The van der Waals surface area contributed by atoms with E-state index in [0.29, 0.717) is 0 Å². The van der Waals surface area contributed by atoms with Crippen LogP contribution >= 0.6 is 0 Å². The number of hydrogen-bond donors (Lipinski definition) is 2. The zero-order valence-electron chi connectivity index (χ0n) is 21.9. The molecular formula is C20H36F6O11S2. The molecule has 2 unspecified atom stereocenters. The van der Waals surface area contributed by atoms with Crippen molar-refractivity contribution in [2.24, 2.45) is 16.2 Å². The van der Waals surface area contributed by atoms with Crippen molar-refractivity contribution < 1.29 is 75.4 Å². The zero-order valence-corrected chi connectivity index (χ0v) is 23.6. The van der Waals surface area contributed by atoms with Crippen LogP contribution in [0, 0.1) is 16.2 Å². The second-order valence-electron chi connectivity index (χ2n) is 10.7. The van der Waals surface area contributed by atoms with Crippen molar-refractivity contribution >= 4 is 20.5 Å². The van der Waals surface area contributed by atoms with Crippen LogP contribution in [0.5, 0.6) is 0 Å². The number of rotatable bonds is 20. The molecule has 0 bridgehead atoms. The van der Waals surface area contributed by atoms with Crippen LogP contribution in [0.25, 0.3) is 0 Å². The van der Waals surface area contributed by atoms with Gasteiger partial charge in [0.1, 0.15) is 13.2 Å². The summed E-state index contributed by atoms with van der Waals surface area (Å²) in [6.45, 7) is 0.129. The predicted molar refractivity (Wildman–Crippen MR) is 124 cm³/mol. The molecule has 11 nitrogen and oxygen atoms in total. The average Bonchev–Trinajstić information content (AvgIpc) is 2.68.